The maximum Gasteiger partial charge on any atom is 0.407 e. The molecular weight excluding hydrogens is 286 g/mol. The molecule has 0 unspecified atom stereocenters. The van der Waals surface area contributed by atoms with E-state index in [2.05, 4.69) is 5.16 Å². The number of likely N-dealkylation sites (tertiary alicyclic amines) is 1. The van der Waals surface area contributed by atoms with Gasteiger partial charge in [0.25, 0.3) is 0 Å². The highest BCUT2D eigenvalue weighted by atomic mass is 16.7. The van der Waals surface area contributed by atoms with Gasteiger partial charge in [0.15, 0.2) is 0 Å². The maximum absolute atomic E-state index is 11.7. The van der Waals surface area contributed by atoms with Gasteiger partial charge in [-0.2, -0.15) is 0 Å². The molecule has 7 nitrogen and oxygen atoms in total. The molecular formula is C15H19N3O4. The number of oxime groups is 1. The fraction of sp³-hybridized carbons (Fsp3) is 0.400. The molecule has 1 amide bonds. The molecule has 0 saturated carbocycles. The van der Waals surface area contributed by atoms with E-state index >= 15 is 0 Å². The molecule has 1 aliphatic rings. The second-order valence-corrected chi connectivity index (χ2v) is 5.19. The van der Waals surface area contributed by atoms with Crippen LogP contribution in [-0.2, 0) is 16.1 Å². The lowest BCUT2D eigenvalue weighted by atomic mass is 9.96. The van der Waals surface area contributed by atoms with Gasteiger partial charge in [-0.05, 0) is 18.4 Å². The van der Waals surface area contributed by atoms with Gasteiger partial charge in [-0.25, -0.2) is 9.59 Å². The highest BCUT2D eigenvalue weighted by Gasteiger charge is 2.25. The molecule has 118 valence electrons. The summed E-state index contributed by atoms with van der Waals surface area (Å²) in [6.45, 7) is 0.822. The smallest absolute Gasteiger partial charge is 0.407 e. The molecule has 1 aromatic carbocycles. The average molecular weight is 305 g/mol. The Morgan fingerprint density at radius 1 is 1.27 bits per heavy atom. The summed E-state index contributed by atoms with van der Waals surface area (Å²) in [6.07, 6.45) is 0.369. The summed E-state index contributed by atoms with van der Waals surface area (Å²) in [5.74, 6) is -0.288. The molecule has 1 fully saturated rings. The van der Waals surface area contributed by atoms with Crippen molar-refractivity contribution in [1.29, 1.82) is 0 Å². The van der Waals surface area contributed by atoms with Crippen molar-refractivity contribution < 1.29 is 19.5 Å². The van der Waals surface area contributed by atoms with Gasteiger partial charge < -0.3 is 20.6 Å². The fourth-order valence-corrected chi connectivity index (χ4v) is 2.34. The van der Waals surface area contributed by atoms with Crippen LogP contribution in [0.2, 0.25) is 0 Å². The average Bonchev–Trinajstić information content (AvgIpc) is 2.53. The summed E-state index contributed by atoms with van der Waals surface area (Å²) in [5, 5.41) is 12.6. The highest BCUT2D eigenvalue weighted by Crippen LogP contribution is 2.17. The molecule has 0 bridgehead atoms. The Morgan fingerprint density at radius 3 is 2.50 bits per heavy atom. The van der Waals surface area contributed by atoms with E-state index < -0.39 is 12.1 Å². The Kier molecular flexibility index (Phi) is 5.35. The summed E-state index contributed by atoms with van der Waals surface area (Å²) in [7, 11) is 0. The number of amidine groups is 1. The minimum absolute atomic E-state index is 0.0554. The number of rotatable bonds is 4. The molecule has 0 aliphatic carbocycles. The number of piperidine rings is 1. The molecule has 0 aromatic heterocycles. The van der Waals surface area contributed by atoms with E-state index in [1.165, 1.54) is 4.90 Å². The summed E-state index contributed by atoms with van der Waals surface area (Å²) in [6, 6.07) is 9.22. The standard InChI is InChI=1S/C15H19N3O4/c16-14(12-6-8-18(9-7-12)15(20)21)17-22-13(19)10-11-4-2-1-3-5-11/h1-5,12H,6-10H2,(H2,16,17)(H,20,21). The van der Waals surface area contributed by atoms with Gasteiger partial charge in [0.2, 0.25) is 0 Å². The molecule has 3 N–H and O–H groups in total. The number of hydrogen-bond donors (Lipinski definition) is 2. The van der Waals surface area contributed by atoms with Gasteiger partial charge in [0.1, 0.15) is 5.84 Å². The first-order valence-corrected chi connectivity index (χ1v) is 7.11. The number of carboxylic acid groups (broad SMARTS) is 1. The van der Waals surface area contributed by atoms with E-state index in [0.717, 1.165) is 5.56 Å². The Bertz CT molecular complexity index is 551. The first-order chi connectivity index (χ1) is 10.6. The van der Waals surface area contributed by atoms with Gasteiger partial charge in [0.05, 0.1) is 6.42 Å². The van der Waals surface area contributed by atoms with Crippen molar-refractivity contribution in [2.45, 2.75) is 19.3 Å². The molecule has 7 heteroatoms. The van der Waals surface area contributed by atoms with E-state index in [1.54, 1.807) is 0 Å². The molecule has 1 aliphatic heterocycles. The third kappa shape index (κ3) is 4.47. The summed E-state index contributed by atoms with van der Waals surface area (Å²) < 4.78 is 0. The molecule has 2 rings (SSSR count). The topological polar surface area (TPSA) is 105 Å². The number of nitrogens with two attached hydrogens (primary N) is 1. The van der Waals surface area contributed by atoms with Crippen LogP contribution in [-0.4, -0.2) is 41.0 Å². The Morgan fingerprint density at radius 2 is 1.91 bits per heavy atom. The maximum atomic E-state index is 11.7. The van der Waals surface area contributed by atoms with Crippen LogP contribution in [0.3, 0.4) is 0 Å². The summed E-state index contributed by atoms with van der Waals surface area (Å²) in [5.41, 5.74) is 6.66. The van der Waals surface area contributed by atoms with Gasteiger partial charge in [0, 0.05) is 19.0 Å². The number of hydrogen-bond acceptors (Lipinski definition) is 4. The third-order valence-corrected chi connectivity index (χ3v) is 3.63. The number of nitrogens with zero attached hydrogens (tertiary/aromatic N) is 2. The third-order valence-electron chi connectivity index (χ3n) is 3.63. The van der Waals surface area contributed by atoms with Gasteiger partial charge in [-0.3, -0.25) is 0 Å². The monoisotopic (exact) mass is 305 g/mol. The Hall–Kier alpha value is -2.57. The Balaban J connectivity index is 1.80. The normalized spacial score (nSPS) is 16.4. The molecule has 1 heterocycles. The van der Waals surface area contributed by atoms with Crippen LogP contribution in [0.15, 0.2) is 35.5 Å². The van der Waals surface area contributed by atoms with Crippen molar-refractivity contribution >= 4 is 17.9 Å². The first kappa shape index (κ1) is 15.8. The van der Waals surface area contributed by atoms with Crippen LogP contribution in [0.4, 0.5) is 4.79 Å². The SMILES string of the molecule is N/C(=N/OC(=O)Cc1ccccc1)C1CCN(C(=O)O)CC1. The number of amides is 1. The van der Waals surface area contributed by atoms with Crippen LogP contribution < -0.4 is 5.73 Å². The lowest BCUT2D eigenvalue weighted by molar-refractivity contribution is -0.142. The minimum Gasteiger partial charge on any atom is -0.465 e. The predicted molar refractivity (Wildman–Crippen MR) is 80.2 cm³/mol. The van der Waals surface area contributed by atoms with Crippen LogP contribution >= 0.6 is 0 Å². The molecule has 22 heavy (non-hydrogen) atoms. The predicted octanol–water partition coefficient (Wildman–Crippen LogP) is 1.43. The summed E-state index contributed by atoms with van der Waals surface area (Å²) in [4.78, 5) is 28.7. The lowest BCUT2D eigenvalue weighted by Gasteiger charge is -2.29. The van der Waals surface area contributed by atoms with Gasteiger partial charge >= 0.3 is 12.1 Å². The number of benzene rings is 1. The number of carbonyl (C=O) groups excluding carboxylic acids is 1. The second-order valence-electron chi connectivity index (χ2n) is 5.19. The van der Waals surface area contributed by atoms with Crippen molar-refractivity contribution in [2.24, 2.45) is 16.8 Å². The van der Waals surface area contributed by atoms with E-state index in [-0.39, 0.29) is 18.2 Å². The molecule has 0 spiro atoms. The molecule has 0 radical (unpaired) electrons. The van der Waals surface area contributed by atoms with Crippen LogP contribution in [0, 0.1) is 5.92 Å². The van der Waals surface area contributed by atoms with E-state index in [0.29, 0.717) is 25.9 Å². The largest absolute Gasteiger partial charge is 0.465 e. The van der Waals surface area contributed by atoms with Gasteiger partial charge in [-0.15, -0.1) is 0 Å². The van der Waals surface area contributed by atoms with Crippen LogP contribution in [0.1, 0.15) is 18.4 Å². The minimum atomic E-state index is -0.928. The van der Waals surface area contributed by atoms with Crippen LogP contribution in [0.5, 0.6) is 0 Å². The van der Waals surface area contributed by atoms with Crippen molar-refractivity contribution in [1.82, 2.24) is 4.90 Å². The zero-order valence-electron chi connectivity index (χ0n) is 12.1. The zero-order valence-corrected chi connectivity index (χ0v) is 12.1. The van der Waals surface area contributed by atoms with Crippen molar-refractivity contribution in [2.75, 3.05) is 13.1 Å². The summed E-state index contributed by atoms with van der Waals surface area (Å²) >= 11 is 0. The zero-order chi connectivity index (χ0) is 15.9. The van der Waals surface area contributed by atoms with Crippen molar-refractivity contribution in [3.63, 3.8) is 0 Å². The molecule has 0 atom stereocenters. The van der Waals surface area contributed by atoms with E-state index in [9.17, 15) is 9.59 Å². The first-order valence-electron chi connectivity index (χ1n) is 7.11. The van der Waals surface area contributed by atoms with E-state index in [1.807, 2.05) is 30.3 Å². The van der Waals surface area contributed by atoms with Crippen molar-refractivity contribution in [3.05, 3.63) is 35.9 Å². The van der Waals surface area contributed by atoms with Crippen molar-refractivity contribution in [3.8, 4) is 0 Å². The lowest BCUT2D eigenvalue weighted by Crippen LogP contribution is -2.41. The van der Waals surface area contributed by atoms with Gasteiger partial charge in [-0.1, -0.05) is 35.5 Å². The molecule has 1 saturated heterocycles. The second kappa shape index (κ2) is 7.44. The highest BCUT2D eigenvalue weighted by molar-refractivity contribution is 5.83. The number of carbonyl (C=O) groups is 2. The molecule has 1 aromatic rings. The quantitative estimate of drug-likeness (QED) is 0.379. The van der Waals surface area contributed by atoms with Crippen LogP contribution in [0.25, 0.3) is 0 Å². The van der Waals surface area contributed by atoms with E-state index in [4.69, 9.17) is 15.7 Å². The fourth-order valence-electron chi connectivity index (χ4n) is 2.34. The Labute approximate surface area is 128 Å².